The summed E-state index contributed by atoms with van der Waals surface area (Å²) in [7, 11) is 1.62. The van der Waals surface area contributed by atoms with Crippen molar-refractivity contribution in [3.05, 3.63) is 12.0 Å². The van der Waals surface area contributed by atoms with Crippen molar-refractivity contribution in [2.24, 2.45) is 4.99 Å². The number of nitrogens with zero attached hydrogens (tertiary/aromatic N) is 1. The van der Waals surface area contributed by atoms with Crippen LogP contribution < -0.4 is 0 Å². The summed E-state index contributed by atoms with van der Waals surface area (Å²) in [6.07, 6.45) is 4.13. The van der Waals surface area contributed by atoms with E-state index in [1.807, 2.05) is 0 Å². The van der Waals surface area contributed by atoms with Crippen LogP contribution in [0.25, 0.3) is 0 Å². The van der Waals surface area contributed by atoms with Gasteiger partial charge in [-0.25, -0.2) is 0 Å². The minimum Gasteiger partial charge on any atom is -0.499 e. The summed E-state index contributed by atoms with van der Waals surface area (Å²) in [6, 6.07) is 0. The van der Waals surface area contributed by atoms with Crippen molar-refractivity contribution in [3.63, 3.8) is 0 Å². The van der Waals surface area contributed by atoms with Crippen molar-refractivity contribution in [3.8, 4) is 0 Å². The predicted molar refractivity (Wildman–Crippen MR) is 37.8 cm³/mol. The van der Waals surface area contributed by atoms with E-state index in [4.69, 9.17) is 16.3 Å². The van der Waals surface area contributed by atoms with E-state index in [2.05, 4.69) is 4.99 Å². The fourth-order valence-electron chi connectivity index (χ4n) is 0.653. The molecule has 9 heavy (non-hydrogen) atoms. The SMILES string of the molecule is COC1=CN=CC(Cl)C1. The van der Waals surface area contributed by atoms with E-state index < -0.39 is 0 Å². The highest BCUT2D eigenvalue weighted by Crippen LogP contribution is 2.13. The number of hydrogen-bond acceptors (Lipinski definition) is 2. The van der Waals surface area contributed by atoms with Crippen molar-refractivity contribution in [2.75, 3.05) is 7.11 Å². The van der Waals surface area contributed by atoms with Crippen molar-refractivity contribution in [2.45, 2.75) is 11.8 Å². The van der Waals surface area contributed by atoms with Gasteiger partial charge in [-0.2, -0.15) is 0 Å². The molecule has 50 valence electrons. The molecule has 1 atom stereocenters. The summed E-state index contributed by atoms with van der Waals surface area (Å²) in [5.74, 6) is 0.845. The van der Waals surface area contributed by atoms with Crippen molar-refractivity contribution < 1.29 is 4.74 Å². The van der Waals surface area contributed by atoms with Crippen LogP contribution in [0.15, 0.2) is 17.0 Å². The van der Waals surface area contributed by atoms with Gasteiger partial charge in [0, 0.05) is 12.6 Å². The molecule has 0 amide bonds. The van der Waals surface area contributed by atoms with E-state index in [0.717, 1.165) is 12.2 Å². The van der Waals surface area contributed by atoms with E-state index >= 15 is 0 Å². The Kier molecular flexibility index (Phi) is 2.11. The molecule has 1 heterocycles. The van der Waals surface area contributed by atoms with E-state index in [9.17, 15) is 0 Å². The lowest BCUT2D eigenvalue weighted by atomic mass is 10.2. The van der Waals surface area contributed by atoms with Crippen molar-refractivity contribution in [1.82, 2.24) is 0 Å². The lowest BCUT2D eigenvalue weighted by Gasteiger charge is -2.09. The average molecular weight is 146 g/mol. The van der Waals surface area contributed by atoms with Gasteiger partial charge in [-0.3, -0.25) is 4.99 Å². The van der Waals surface area contributed by atoms with E-state index in [1.165, 1.54) is 0 Å². The van der Waals surface area contributed by atoms with Crippen molar-refractivity contribution >= 4 is 17.8 Å². The van der Waals surface area contributed by atoms with Crippen LogP contribution in [0.2, 0.25) is 0 Å². The Hall–Kier alpha value is -0.500. The van der Waals surface area contributed by atoms with Gasteiger partial charge in [-0.15, -0.1) is 11.6 Å². The van der Waals surface area contributed by atoms with Crippen LogP contribution >= 0.6 is 11.6 Å². The fourth-order valence-corrected chi connectivity index (χ4v) is 0.870. The molecule has 0 fully saturated rings. The first-order chi connectivity index (χ1) is 4.33. The number of aliphatic imine (C=N–C) groups is 1. The first kappa shape index (κ1) is 6.62. The second kappa shape index (κ2) is 2.87. The first-order valence-corrected chi connectivity index (χ1v) is 3.17. The lowest BCUT2D eigenvalue weighted by Crippen LogP contribution is -2.06. The van der Waals surface area contributed by atoms with Crippen LogP contribution in [0.5, 0.6) is 0 Å². The van der Waals surface area contributed by atoms with Gasteiger partial charge in [-0.05, 0) is 0 Å². The number of hydrogen-bond donors (Lipinski definition) is 0. The molecule has 1 aliphatic heterocycles. The molecule has 3 heteroatoms. The molecule has 0 radical (unpaired) electrons. The second-order valence-corrected chi connectivity index (χ2v) is 2.38. The number of ether oxygens (including phenoxy) is 1. The molecule has 0 saturated carbocycles. The molecule has 0 aliphatic carbocycles. The summed E-state index contributed by atoms with van der Waals surface area (Å²) in [5.41, 5.74) is 0. The quantitative estimate of drug-likeness (QED) is 0.513. The minimum absolute atomic E-state index is 0.00458. The summed E-state index contributed by atoms with van der Waals surface area (Å²) < 4.78 is 4.92. The first-order valence-electron chi connectivity index (χ1n) is 2.73. The molecular weight excluding hydrogens is 138 g/mol. The summed E-state index contributed by atoms with van der Waals surface area (Å²) in [4.78, 5) is 3.87. The third-order valence-corrected chi connectivity index (χ3v) is 1.39. The number of allylic oxidation sites excluding steroid dienone is 1. The molecule has 0 aromatic carbocycles. The number of alkyl halides is 1. The van der Waals surface area contributed by atoms with Gasteiger partial charge in [-0.1, -0.05) is 0 Å². The molecule has 2 nitrogen and oxygen atoms in total. The van der Waals surface area contributed by atoms with Crippen LogP contribution in [0.1, 0.15) is 6.42 Å². The highest BCUT2D eigenvalue weighted by Gasteiger charge is 2.08. The predicted octanol–water partition coefficient (Wildman–Crippen LogP) is 1.56. The number of rotatable bonds is 1. The zero-order valence-corrected chi connectivity index (χ0v) is 5.93. The maximum atomic E-state index is 5.72. The Morgan fingerprint density at radius 3 is 3.11 bits per heavy atom. The van der Waals surface area contributed by atoms with Crippen LogP contribution in [0, 0.1) is 0 Å². The zero-order chi connectivity index (χ0) is 6.69. The molecule has 0 saturated heterocycles. The molecule has 0 spiro atoms. The maximum Gasteiger partial charge on any atom is 0.116 e. The largest absolute Gasteiger partial charge is 0.499 e. The summed E-state index contributed by atoms with van der Waals surface area (Å²) in [5, 5.41) is 0.00458. The Morgan fingerprint density at radius 1 is 1.89 bits per heavy atom. The van der Waals surface area contributed by atoms with Crippen LogP contribution in [-0.4, -0.2) is 18.7 Å². The molecule has 0 bridgehead atoms. The standard InChI is InChI=1S/C6H8ClNO/c1-9-6-2-5(7)3-8-4-6/h3-5H,2H2,1H3. The van der Waals surface area contributed by atoms with E-state index in [1.54, 1.807) is 19.5 Å². The topological polar surface area (TPSA) is 21.6 Å². The monoisotopic (exact) mass is 145 g/mol. The van der Waals surface area contributed by atoms with Gasteiger partial charge >= 0.3 is 0 Å². The molecule has 0 aromatic rings. The smallest absolute Gasteiger partial charge is 0.116 e. The van der Waals surface area contributed by atoms with Crippen LogP contribution in [-0.2, 0) is 4.74 Å². The zero-order valence-electron chi connectivity index (χ0n) is 5.17. The molecule has 1 aliphatic rings. The minimum atomic E-state index is 0.00458. The summed E-state index contributed by atoms with van der Waals surface area (Å²) in [6.45, 7) is 0. The van der Waals surface area contributed by atoms with Crippen LogP contribution in [0.4, 0.5) is 0 Å². The summed E-state index contributed by atoms with van der Waals surface area (Å²) >= 11 is 5.72. The maximum absolute atomic E-state index is 5.72. The third kappa shape index (κ3) is 1.72. The van der Waals surface area contributed by atoms with E-state index in [-0.39, 0.29) is 5.38 Å². The average Bonchev–Trinajstić information content (AvgIpc) is 1.88. The normalized spacial score (nSPS) is 25.6. The molecule has 1 unspecified atom stereocenters. The van der Waals surface area contributed by atoms with E-state index in [0.29, 0.717) is 0 Å². The molecule has 0 N–H and O–H groups in total. The number of halogens is 1. The highest BCUT2D eigenvalue weighted by atomic mass is 35.5. The van der Waals surface area contributed by atoms with Crippen molar-refractivity contribution in [1.29, 1.82) is 0 Å². The van der Waals surface area contributed by atoms with Gasteiger partial charge in [0.25, 0.3) is 0 Å². The fraction of sp³-hybridized carbons (Fsp3) is 0.500. The second-order valence-electron chi connectivity index (χ2n) is 1.82. The molecule has 0 aromatic heterocycles. The highest BCUT2D eigenvalue weighted by molar-refractivity contribution is 6.28. The van der Waals surface area contributed by atoms with Gasteiger partial charge in [0.05, 0.1) is 18.7 Å². The Balaban J connectivity index is 2.55. The Morgan fingerprint density at radius 2 is 2.67 bits per heavy atom. The lowest BCUT2D eigenvalue weighted by molar-refractivity contribution is 0.277. The Labute approximate surface area is 59.2 Å². The number of methoxy groups -OCH3 is 1. The third-order valence-electron chi connectivity index (χ3n) is 1.12. The Bertz CT molecular complexity index is 153. The van der Waals surface area contributed by atoms with Gasteiger partial charge < -0.3 is 4.74 Å². The van der Waals surface area contributed by atoms with Gasteiger partial charge in [0.1, 0.15) is 5.76 Å². The molecule has 1 rings (SSSR count). The van der Waals surface area contributed by atoms with Crippen LogP contribution in [0.3, 0.4) is 0 Å². The van der Waals surface area contributed by atoms with Gasteiger partial charge in [0.2, 0.25) is 0 Å². The van der Waals surface area contributed by atoms with Gasteiger partial charge in [0.15, 0.2) is 0 Å². The molecular formula is C6H8ClNO.